The van der Waals surface area contributed by atoms with Gasteiger partial charge in [-0.1, -0.05) is 20.8 Å². The van der Waals surface area contributed by atoms with Crippen LogP contribution in [0.15, 0.2) is 5.03 Å². The Morgan fingerprint density at radius 2 is 2.00 bits per heavy atom. The largest absolute Gasteiger partial charge is 0.373 e. The van der Waals surface area contributed by atoms with E-state index in [-0.39, 0.29) is 0 Å². The SMILES string of the molecule is CCc1nc(NC)c(C)c(SCCC(C)C)n1. The Hall–Kier alpha value is -0.770. The third-order valence-corrected chi connectivity index (χ3v) is 3.75. The molecule has 1 rings (SSSR count). The molecule has 0 fully saturated rings. The van der Waals surface area contributed by atoms with Gasteiger partial charge in [-0.2, -0.15) is 0 Å². The average molecular weight is 253 g/mol. The van der Waals surface area contributed by atoms with Crippen LogP contribution in [-0.4, -0.2) is 22.8 Å². The van der Waals surface area contributed by atoms with Crippen LogP contribution in [0.25, 0.3) is 0 Å². The lowest BCUT2D eigenvalue weighted by Crippen LogP contribution is -2.04. The van der Waals surface area contributed by atoms with Gasteiger partial charge in [-0.05, 0) is 25.0 Å². The van der Waals surface area contributed by atoms with Gasteiger partial charge in [0.25, 0.3) is 0 Å². The predicted molar refractivity (Wildman–Crippen MR) is 75.9 cm³/mol. The van der Waals surface area contributed by atoms with Gasteiger partial charge >= 0.3 is 0 Å². The van der Waals surface area contributed by atoms with Crippen molar-refractivity contribution in [1.82, 2.24) is 9.97 Å². The van der Waals surface area contributed by atoms with Crippen molar-refractivity contribution in [1.29, 1.82) is 0 Å². The summed E-state index contributed by atoms with van der Waals surface area (Å²) in [4.78, 5) is 9.09. The molecule has 0 unspecified atom stereocenters. The summed E-state index contributed by atoms with van der Waals surface area (Å²) in [6.45, 7) is 8.68. The molecular weight excluding hydrogens is 230 g/mol. The number of thioether (sulfide) groups is 1. The maximum Gasteiger partial charge on any atom is 0.133 e. The summed E-state index contributed by atoms with van der Waals surface area (Å²) in [6.07, 6.45) is 2.11. The molecule has 0 saturated carbocycles. The second kappa shape index (κ2) is 6.84. The van der Waals surface area contributed by atoms with Gasteiger partial charge in [-0.3, -0.25) is 0 Å². The number of hydrogen-bond donors (Lipinski definition) is 1. The molecule has 0 aromatic carbocycles. The number of nitrogens with zero attached hydrogens (tertiary/aromatic N) is 2. The molecular formula is C13H23N3S. The van der Waals surface area contributed by atoms with E-state index in [0.717, 1.165) is 34.8 Å². The molecule has 1 aromatic heterocycles. The molecule has 4 heteroatoms. The molecule has 1 heterocycles. The van der Waals surface area contributed by atoms with Gasteiger partial charge in [-0.25, -0.2) is 9.97 Å². The lowest BCUT2D eigenvalue weighted by atomic mass is 10.2. The minimum atomic E-state index is 0.749. The Morgan fingerprint density at radius 3 is 2.53 bits per heavy atom. The van der Waals surface area contributed by atoms with Crippen molar-refractivity contribution in [2.24, 2.45) is 5.92 Å². The Kier molecular flexibility index (Phi) is 5.75. The molecule has 0 spiro atoms. The number of hydrogen-bond acceptors (Lipinski definition) is 4. The number of rotatable bonds is 6. The molecule has 0 aliphatic heterocycles. The minimum Gasteiger partial charge on any atom is -0.373 e. The lowest BCUT2D eigenvalue weighted by molar-refractivity contribution is 0.631. The maximum absolute atomic E-state index is 4.61. The van der Waals surface area contributed by atoms with Gasteiger partial charge < -0.3 is 5.32 Å². The van der Waals surface area contributed by atoms with Crippen LogP contribution < -0.4 is 5.32 Å². The first-order chi connectivity index (χ1) is 8.08. The van der Waals surface area contributed by atoms with Gasteiger partial charge in [0.1, 0.15) is 16.7 Å². The van der Waals surface area contributed by atoms with Crippen molar-refractivity contribution < 1.29 is 0 Å². The Bertz CT molecular complexity index is 364. The average Bonchev–Trinajstić information content (AvgIpc) is 2.31. The fourth-order valence-electron chi connectivity index (χ4n) is 1.47. The highest BCUT2D eigenvalue weighted by Gasteiger charge is 2.09. The molecule has 3 nitrogen and oxygen atoms in total. The summed E-state index contributed by atoms with van der Waals surface area (Å²) in [5.41, 5.74) is 1.17. The smallest absolute Gasteiger partial charge is 0.133 e. The predicted octanol–water partition coefficient (Wildman–Crippen LogP) is 3.53. The molecule has 0 bridgehead atoms. The van der Waals surface area contributed by atoms with E-state index >= 15 is 0 Å². The quantitative estimate of drug-likeness (QED) is 0.622. The third kappa shape index (κ3) is 4.19. The minimum absolute atomic E-state index is 0.749. The number of aryl methyl sites for hydroxylation is 1. The van der Waals surface area contributed by atoms with Gasteiger partial charge in [0, 0.05) is 19.0 Å². The van der Waals surface area contributed by atoms with Crippen LogP contribution in [0.3, 0.4) is 0 Å². The molecule has 1 aromatic rings. The van der Waals surface area contributed by atoms with E-state index < -0.39 is 0 Å². The molecule has 0 radical (unpaired) electrons. The number of nitrogens with one attached hydrogen (secondary N) is 1. The molecule has 96 valence electrons. The number of aromatic nitrogens is 2. The van der Waals surface area contributed by atoms with Crippen molar-refractivity contribution in [2.75, 3.05) is 18.1 Å². The second-order valence-corrected chi connectivity index (χ2v) is 5.64. The molecule has 0 aliphatic carbocycles. The van der Waals surface area contributed by atoms with E-state index in [4.69, 9.17) is 0 Å². The van der Waals surface area contributed by atoms with Crippen LogP contribution in [0.5, 0.6) is 0 Å². The van der Waals surface area contributed by atoms with Crippen LogP contribution in [0, 0.1) is 12.8 Å². The third-order valence-electron chi connectivity index (χ3n) is 2.63. The lowest BCUT2D eigenvalue weighted by Gasteiger charge is -2.11. The fourth-order valence-corrected chi connectivity index (χ4v) is 2.74. The van der Waals surface area contributed by atoms with Crippen molar-refractivity contribution in [3.8, 4) is 0 Å². The Labute approximate surface area is 109 Å². The van der Waals surface area contributed by atoms with Crippen molar-refractivity contribution in [3.05, 3.63) is 11.4 Å². The van der Waals surface area contributed by atoms with Crippen molar-refractivity contribution in [2.45, 2.75) is 45.6 Å². The number of anilines is 1. The molecule has 1 N–H and O–H groups in total. The van der Waals surface area contributed by atoms with Crippen LogP contribution in [-0.2, 0) is 6.42 Å². The Balaban J connectivity index is 2.82. The molecule has 0 saturated heterocycles. The van der Waals surface area contributed by atoms with Crippen LogP contribution in [0.1, 0.15) is 38.6 Å². The van der Waals surface area contributed by atoms with Crippen molar-refractivity contribution in [3.63, 3.8) is 0 Å². The van der Waals surface area contributed by atoms with E-state index in [1.807, 2.05) is 18.8 Å². The first kappa shape index (κ1) is 14.3. The first-order valence-electron chi connectivity index (χ1n) is 6.26. The van der Waals surface area contributed by atoms with E-state index in [0.29, 0.717) is 0 Å². The van der Waals surface area contributed by atoms with Crippen LogP contribution in [0.4, 0.5) is 5.82 Å². The molecule has 17 heavy (non-hydrogen) atoms. The summed E-state index contributed by atoms with van der Waals surface area (Å²) in [6, 6.07) is 0. The Morgan fingerprint density at radius 1 is 1.29 bits per heavy atom. The summed E-state index contributed by atoms with van der Waals surface area (Å²) >= 11 is 1.84. The van der Waals surface area contributed by atoms with Gasteiger partial charge in [0.2, 0.25) is 0 Å². The molecule has 0 atom stereocenters. The van der Waals surface area contributed by atoms with Crippen molar-refractivity contribution >= 4 is 17.6 Å². The topological polar surface area (TPSA) is 37.8 Å². The monoisotopic (exact) mass is 253 g/mol. The molecule has 0 aliphatic rings. The van der Waals surface area contributed by atoms with Gasteiger partial charge in [-0.15, -0.1) is 11.8 Å². The van der Waals surface area contributed by atoms with Crippen LogP contribution in [0.2, 0.25) is 0 Å². The summed E-state index contributed by atoms with van der Waals surface area (Å²) < 4.78 is 0. The highest BCUT2D eigenvalue weighted by atomic mass is 32.2. The highest BCUT2D eigenvalue weighted by molar-refractivity contribution is 7.99. The van der Waals surface area contributed by atoms with Gasteiger partial charge in [0.05, 0.1) is 0 Å². The van der Waals surface area contributed by atoms with Gasteiger partial charge in [0.15, 0.2) is 0 Å². The zero-order valence-electron chi connectivity index (χ0n) is 11.5. The van der Waals surface area contributed by atoms with E-state index in [2.05, 4.69) is 43.0 Å². The van der Waals surface area contributed by atoms with E-state index in [9.17, 15) is 0 Å². The summed E-state index contributed by atoms with van der Waals surface area (Å²) in [5.74, 6) is 3.76. The molecule has 0 amide bonds. The summed E-state index contributed by atoms with van der Waals surface area (Å²) in [5, 5.41) is 4.27. The normalized spacial score (nSPS) is 10.9. The zero-order valence-corrected chi connectivity index (χ0v) is 12.3. The van der Waals surface area contributed by atoms with Crippen LogP contribution >= 0.6 is 11.8 Å². The highest BCUT2D eigenvalue weighted by Crippen LogP contribution is 2.26. The standard InChI is InChI=1S/C13H23N3S/c1-6-11-15-12(14-5)10(4)13(16-11)17-8-7-9(2)3/h9H,6-8H2,1-5H3,(H,14,15,16). The first-order valence-corrected chi connectivity index (χ1v) is 7.25. The zero-order chi connectivity index (χ0) is 12.8. The van der Waals surface area contributed by atoms with E-state index in [1.165, 1.54) is 12.0 Å². The fraction of sp³-hybridized carbons (Fsp3) is 0.692. The maximum atomic E-state index is 4.61. The second-order valence-electron chi connectivity index (χ2n) is 4.55. The summed E-state index contributed by atoms with van der Waals surface area (Å²) in [7, 11) is 1.91. The van der Waals surface area contributed by atoms with E-state index in [1.54, 1.807) is 0 Å².